The molecule has 0 spiro atoms. The first-order chi connectivity index (χ1) is 11.2. The molecule has 3 rings (SSSR count). The molecule has 23 heavy (non-hydrogen) atoms. The monoisotopic (exact) mass is 316 g/mol. The molecule has 2 aromatic rings. The molecule has 5 heteroatoms. The van der Waals surface area contributed by atoms with Crippen molar-refractivity contribution in [1.29, 1.82) is 0 Å². The molecule has 0 saturated heterocycles. The maximum absolute atomic E-state index is 10.3. The summed E-state index contributed by atoms with van der Waals surface area (Å²) in [5, 5.41) is 10.9. The van der Waals surface area contributed by atoms with Crippen LogP contribution >= 0.6 is 0 Å². The first-order valence-corrected chi connectivity index (χ1v) is 8.65. The van der Waals surface area contributed by atoms with E-state index < -0.39 is 0 Å². The van der Waals surface area contributed by atoms with Gasteiger partial charge in [-0.25, -0.2) is 4.68 Å². The van der Waals surface area contributed by atoms with Crippen LogP contribution in [0.5, 0.6) is 0 Å². The number of amides is 1. The van der Waals surface area contributed by atoms with Gasteiger partial charge in [-0.1, -0.05) is 50.5 Å². The Kier molecular flexibility index (Phi) is 6.56. The zero-order valence-electron chi connectivity index (χ0n) is 14.4. The van der Waals surface area contributed by atoms with Crippen molar-refractivity contribution in [1.82, 2.24) is 20.3 Å². The molecule has 1 aliphatic carbocycles. The van der Waals surface area contributed by atoms with Gasteiger partial charge in [-0.15, -0.1) is 5.10 Å². The summed E-state index contributed by atoms with van der Waals surface area (Å²) in [6.07, 6.45) is 5.91. The first kappa shape index (κ1) is 17.4. The van der Waals surface area contributed by atoms with Gasteiger partial charge in [0.2, 0.25) is 6.41 Å². The SMILES string of the molecule is CC1CCCCC(NC=O)C1C.CCn1nnc2ccccc21. The van der Waals surface area contributed by atoms with E-state index in [-0.39, 0.29) is 0 Å². The third kappa shape index (κ3) is 4.53. The van der Waals surface area contributed by atoms with Crippen molar-refractivity contribution in [2.45, 2.75) is 59.0 Å². The maximum Gasteiger partial charge on any atom is 0.207 e. The Hall–Kier alpha value is -1.91. The topological polar surface area (TPSA) is 59.8 Å². The number of benzene rings is 1. The van der Waals surface area contributed by atoms with Crippen LogP contribution in [0.15, 0.2) is 24.3 Å². The summed E-state index contributed by atoms with van der Waals surface area (Å²) >= 11 is 0. The van der Waals surface area contributed by atoms with Crippen LogP contribution in [-0.2, 0) is 11.3 Å². The van der Waals surface area contributed by atoms with Crippen molar-refractivity contribution in [3.05, 3.63) is 24.3 Å². The summed E-state index contributed by atoms with van der Waals surface area (Å²) in [6.45, 7) is 7.47. The highest BCUT2D eigenvalue weighted by Gasteiger charge is 2.24. The van der Waals surface area contributed by atoms with Gasteiger partial charge in [0.05, 0.1) is 5.52 Å². The van der Waals surface area contributed by atoms with Crippen LogP contribution < -0.4 is 5.32 Å². The number of nitrogens with one attached hydrogen (secondary N) is 1. The number of carbonyl (C=O) groups excluding carboxylic acids is 1. The van der Waals surface area contributed by atoms with Crippen LogP contribution in [-0.4, -0.2) is 27.4 Å². The fourth-order valence-electron chi connectivity index (χ4n) is 3.23. The molecule has 3 atom stereocenters. The molecule has 1 aliphatic rings. The Morgan fingerprint density at radius 1 is 1.26 bits per heavy atom. The summed E-state index contributed by atoms with van der Waals surface area (Å²) in [5.74, 6) is 1.39. The van der Waals surface area contributed by atoms with E-state index in [9.17, 15) is 4.79 Å². The summed E-state index contributed by atoms with van der Waals surface area (Å²) < 4.78 is 1.88. The number of hydrogen-bond acceptors (Lipinski definition) is 3. The molecule has 0 radical (unpaired) electrons. The van der Waals surface area contributed by atoms with E-state index in [0.717, 1.165) is 36.3 Å². The molecule has 1 amide bonds. The number of aryl methyl sites for hydroxylation is 1. The van der Waals surface area contributed by atoms with E-state index in [2.05, 4.69) is 36.4 Å². The smallest absolute Gasteiger partial charge is 0.207 e. The molecule has 0 aliphatic heterocycles. The fourth-order valence-corrected chi connectivity index (χ4v) is 3.23. The minimum Gasteiger partial charge on any atom is -0.356 e. The molecule has 126 valence electrons. The lowest BCUT2D eigenvalue weighted by molar-refractivity contribution is -0.110. The van der Waals surface area contributed by atoms with Crippen LogP contribution in [0.2, 0.25) is 0 Å². The predicted molar refractivity (Wildman–Crippen MR) is 93.0 cm³/mol. The van der Waals surface area contributed by atoms with Crippen molar-refractivity contribution >= 4 is 17.4 Å². The van der Waals surface area contributed by atoms with Crippen LogP contribution in [0.3, 0.4) is 0 Å². The van der Waals surface area contributed by atoms with Crippen molar-refractivity contribution in [2.24, 2.45) is 11.8 Å². The minimum absolute atomic E-state index is 0.417. The third-order valence-electron chi connectivity index (χ3n) is 4.96. The Morgan fingerprint density at radius 2 is 2.00 bits per heavy atom. The maximum atomic E-state index is 10.3. The van der Waals surface area contributed by atoms with E-state index in [0.29, 0.717) is 12.0 Å². The quantitative estimate of drug-likeness (QED) is 0.697. The second-order valence-corrected chi connectivity index (χ2v) is 6.41. The largest absolute Gasteiger partial charge is 0.356 e. The highest BCUT2D eigenvalue weighted by Crippen LogP contribution is 2.27. The van der Waals surface area contributed by atoms with Gasteiger partial charge in [0.25, 0.3) is 0 Å². The van der Waals surface area contributed by atoms with Gasteiger partial charge in [0.1, 0.15) is 5.52 Å². The van der Waals surface area contributed by atoms with E-state index in [1.54, 1.807) is 0 Å². The number of aromatic nitrogens is 3. The van der Waals surface area contributed by atoms with E-state index in [4.69, 9.17) is 0 Å². The molecule has 1 saturated carbocycles. The molecule has 1 aromatic carbocycles. The van der Waals surface area contributed by atoms with Crippen LogP contribution in [0, 0.1) is 11.8 Å². The predicted octanol–water partition coefficient (Wildman–Crippen LogP) is 3.40. The van der Waals surface area contributed by atoms with Gasteiger partial charge < -0.3 is 5.32 Å². The number of hydrogen-bond donors (Lipinski definition) is 1. The normalized spacial score (nSPS) is 24.4. The molecular formula is C18H28N4O. The van der Waals surface area contributed by atoms with E-state index in [1.807, 2.05) is 28.9 Å². The van der Waals surface area contributed by atoms with Gasteiger partial charge in [-0.2, -0.15) is 0 Å². The minimum atomic E-state index is 0.417. The number of para-hydroxylation sites is 1. The summed E-state index contributed by atoms with van der Waals surface area (Å²) in [4.78, 5) is 10.3. The average Bonchev–Trinajstić information content (AvgIpc) is 2.93. The highest BCUT2D eigenvalue weighted by atomic mass is 16.1. The second-order valence-electron chi connectivity index (χ2n) is 6.41. The zero-order valence-corrected chi connectivity index (χ0v) is 14.4. The lowest BCUT2D eigenvalue weighted by Gasteiger charge is -2.25. The lowest BCUT2D eigenvalue weighted by atomic mass is 9.88. The number of rotatable bonds is 3. The standard InChI is InChI=1S/C10H19NO.C8H9N3/c1-8-5-3-4-6-10(9(8)2)11-7-12;1-2-11-8-6-4-3-5-7(8)9-10-11/h7-10H,3-6H2,1-2H3,(H,11,12);3-6H,2H2,1H3. The van der Waals surface area contributed by atoms with Crippen molar-refractivity contribution < 1.29 is 4.79 Å². The molecular weight excluding hydrogens is 288 g/mol. The molecule has 3 unspecified atom stereocenters. The van der Waals surface area contributed by atoms with Crippen LogP contribution in [0.1, 0.15) is 46.5 Å². The summed E-state index contributed by atoms with van der Waals surface area (Å²) in [7, 11) is 0. The van der Waals surface area contributed by atoms with Crippen LogP contribution in [0.4, 0.5) is 0 Å². The van der Waals surface area contributed by atoms with Gasteiger partial charge in [-0.3, -0.25) is 4.79 Å². The van der Waals surface area contributed by atoms with Crippen molar-refractivity contribution in [2.75, 3.05) is 0 Å². The number of nitrogens with zero attached hydrogens (tertiary/aromatic N) is 3. The fraction of sp³-hybridized carbons (Fsp3) is 0.611. The summed E-state index contributed by atoms with van der Waals surface area (Å²) in [6, 6.07) is 8.38. The van der Waals surface area contributed by atoms with Gasteiger partial charge >= 0.3 is 0 Å². The van der Waals surface area contributed by atoms with E-state index >= 15 is 0 Å². The molecule has 1 fully saturated rings. The summed E-state index contributed by atoms with van der Waals surface area (Å²) in [5.41, 5.74) is 2.07. The van der Waals surface area contributed by atoms with E-state index in [1.165, 1.54) is 19.3 Å². The Balaban J connectivity index is 0.000000167. The zero-order chi connectivity index (χ0) is 16.7. The lowest BCUT2D eigenvalue weighted by Crippen LogP contribution is -2.35. The number of carbonyl (C=O) groups is 1. The number of fused-ring (bicyclic) bond motifs is 1. The first-order valence-electron chi connectivity index (χ1n) is 8.65. The van der Waals surface area contributed by atoms with Crippen molar-refractivity contribution in [3.8, 4) is 0 Å². The molecule has 1 heterocycles. The van der Waals surface area contributed by atoms with Crippen LogP contribution in [0.25, 0.3) is 11.0 Å². The Morgan fingerprint density at radius 3 is 2.74 bits per heavy atom. The Labute approximate surface area is 138 Å². The molecule has 1 aromatic heterocycles. The molecule has 0 bridgehead atoms. The highest BCUT2D eigenvalue weighted by molar-refractivity contribution is 5.73. The Bertz CT molecular complexity index is 610. The van der Waals surface area contributed by atoms with Gasteiger partial charge in [0, 0.05) is 12.6 Å². The van der Waals surface area contributed by atoms with Gasteiger partial charge in [-0.05, 0) is 37.3 Å². The third-order valence-corrected chi connectivity index (χ3v) is 4.96. The molecule has 1 N–H and O–H groups in total. The molecule has 5 nitrogen and oxygen atoms in total. The average molecular weight is 316 g/mol. The second kappa shape index (κ2) is 8.65. The van der Waals surface area contributed by atoms with Gasteiger partial charge in [0.15, 0.2) is 0 Å². The van der Waals surface area contributed by atoms with Crippen molar-refractivity contribution in [3.63, 3.8) is 0 Å².